The molecule has 0 atom stereocenters. The van der Waals surface area contributed by atoms with E-state index >= 15 is 0 Å². The molecule has 0 aliphatic carbocycles. The van der Waals surface area contributed by atoms with Crippen LogP contribution in [0.2, 0.25) is 0 Å². The van der Waals surface area contributed by atoms with Crippen LogP contribution in [0.3, 0.4) is 0 Å². The zero-order valence-electron chi connectivity index (χ0n) is 16.7. The second kappa shape index (κ2) is 9.37. The first kappa shape index (κ1) is 19.9. The number of methoxy groups -OCH3 is 1. The van der Waals surface area contributed by atoms with Crippen LogP contribution in [-0.2, 0) is 22.6 Å². The van der Waals surface area contributed by atoms with E-state index in [-0.39, 0.29) is 12.5 Å². The largest absolute Gasteiger partial charge is 0.494 e. The quantitative estimate of drug-likeness (QED) is 0.577. The molecule has 0 unspecified atom stereocenters. The molecule has 1 amide bonds. The minimum atomic E-state index is -0.154. The number of hydrogen-bond donors (Lipinski definition) is 1. The Labute approximate surface area is 165 Å². The van der Waals surface area contributed by atoms with Crippen LogP contribution in [-0.4, -0.2) is 35.8 Å². The Kier molecular flexibility index (Phi) is 6.66. The number of carbonyl (C=O) groups is 1. The summed E-state index contributed by atoms with van der Waals surface area (Å²) < 4.78 is 12.9. The van der Waals surface area contributed by atoms with Gasteiger partial charge in [-0.05, 0) is 55.7 Å². The van der Waals surface area contributed by atoms with E-state index in [0.717, 1.165) is 35.6 Å². The van der Waals surface area contributed by atoms with Crippen molar-refractivity contribution in [2.75, 3.05) is 20.3 Å². The van der Waals surface area contributed by atoms with Crippen LogP contribution in [0.5, 0.6) is 5.75 Å². The Morgan fingerprint density at radius 1 is 1.14 bits per heavy atom. The number of aryl methyl sites for hydroxylation is 3. The third kappa shape index (κ3) is 4.89. The molecule has 0 spiro atoms. The van der Waals surface area contributed by atoms with Crippen LogP contribution in [0.4, 0.5) is 0 Å². The van der Waals surface area contributed by atoms with Crippen LogP contribution in [0.1, 0.15) is 23.4 Å². The molecule has 148 valence electrons. The van der Waals surface area contributed by atoms with Crippen molar-refractivity contribution >= 4 is 16.9 Å². The first-order valence-corrected chi connectivity index (χ1v) is 9.48. The summed E-state index contributed by atoms with van der Waals surface area (Å²) in [4.78, 5) is 16.4. The predicted molar refractivity (Wildman–Crippen MR) is 109 cm³/mol. The maximum absolute atomic E-state index is 11.7. The normalized spacial score (nSPS) is 11.0. The van der Waals surface area contributed by atoms with E-state index in [1.54, 1.807) is 0 Å². The number of imidazole rings is 1. The highest BCUT2D eigenvalue weighted by atomic mass is 16.5. The molecule has 6 nitrogen and oxygen atoms in total. The Morgan fingerprint density at radius 2 is 1.96 bits per heavy atom. The predicted octanol–water partition coefficient (Wildman–Crippen LogP) is 3.38. The summed E-state index contributed by atoms with van der Waals surface area (Å²) in [5, 5.41) is 2.85. The molecule has 0 saturated carbocycles. The smallest absolute Gasteiger partial charge is 0.246 e. The van der Waals surface area contributed by atoms with Crippen molar-refractivity contribution < 1.29 is 14.3 Å². The van der Waals surface area contributed by atoms with E-state index in [4.69, 9.17) is 9.47 Å². The topological polar surface area (TPSA) is 65.4 Å². The summed E-state index contributed by atoms with van der Waals surface area (Å²) in [7, 11) is 1.50. The Balaban J connectivity index is 1.64. The molecule has 3 aromatic rings. The SMILES string of the molecule is COCC(=O)NCc1nc2ccccc2n1CCCOc1ccc(C)c(C)c1. The Hall–Kier alpha value is -2.86. The Bertz CT molecular complexity index is 949. The zero-order valence-corrected chi connectivity index (χ0v) is 16.7. The van der Waals surface area contributed by atoms with Crippen molar-refractivity contribution in [1.82, 2.24) is 14.9 Å². The number of aromatic nitrogens is 2. The molecule has 2 aromatic carbocycles. The minimum absolute atomic E-state index is 0.0457. The average molecular weight is 381 g/mol. The van der Waals surface area contributed by atoms with Crippen LogP contribution in [0.15, 0.2) is 42.5 Å². The molecule has 0 fully saturated rings. The fourth-order valence-corrected chi connectivity index (χ4v) is 3.09. The number of carbonyl (C=O) groups excluding carboxylic acids is 1. The van der Waals surface area contributed by atoms with Gasteiger partial charge in [-0.2, -0.15) is 0 Å². The molecule has 0 radical (unpaired) electrons. The summed E-state index contributed by atoms with van der Waals surface area (Å²) in [6.45, 7) is 5.98. The lowest BCUT2D eigenvalue weighted by molar-refractivity contribution is -0.124. The fourth-order valence-electron chi connectivity index (χ4n) is 3.09. The van der Waals surface area contributed by atoms with Gasteiger partial charge in [0.15, 0.2) is 0 Å². The molecule has 1 N–H and O–H groups in total. The maximum Gasteiger partial charge on any atom is 0.246 e. The minimum Gasteiger partial charge on any atom is -0.494 e. The highest BCUT2D eigenvalue weighted by molar-refractivity contribution is 5.78. The lowest BCUT2D eigenvalue weighted by Gasteiger charge is -2.12. The number of benzene rings is 2. The van der Waals surface area contributed by atoms with Gasteiger partial charge in [-0.1, -0.05) is 18.2 Å². The number of hydrogen-bond acceptors (Lipinski definition) is 4. The van der Waals surface area contributed by atoms with Crippen LogP contribution >= 0.6 is 0 Å². The fraction of sp³-hybridized carbons (Fsp3) is 0.364. The van der Waals surface area contributed by atoms with Gasteiger partial charge in [-0.25, -0.2) is 4.98 Å². The van der Waals surface area contributed by atoms with Gasteiger partial charge in [0.2, 0.25) is 5.91 Å². The van der Waals surface area contributed by atoms with E-state index in [1.807, 2.05) is 30.3 Å². The third-order valence-electron chi connectivity index (χ3n) is 4.73. The Morgan fingerprint density at radius 3 is 2.75 bits per heavy atom. The van der Waals surface area contributed by atoms with Gasteiger partial charge in [-0.3, -0.25) is 4.79 Å². The van der Waals surface area contributed by atoms with Gasteiger partial charge < -0.3 is 19.4 Å². The molecular weight excluding hydrogens is 354 g/mol. The molecule has 28 heavy (non-hydrogen) atoms. The van der Waals surface area contributed by atoms with Gasteiger partial charge in [0.25, 0.3) is 0 Å². The van der Waals surface area contributed by atoms with Crippen molar-refractivity contribution in [3.63, 3.8) is 0 Å². The lowest BCUT2D eigenvalue weighted by Crippen LogP contribution is -2.28. The number of fused-ring (bicyclic) bond motifs is 1. The summed E-state index contributed by atoms with van der Waals surface area (Å²) in [6.07, 6.45) is 0.840. The molecule has 3 rings (SSSR count). The number of nitrogens with one attached hydrogen (secondary N) is 1. The van der Waals surface area contributed by atoms with E-state index in [2.05, 4.69) is 40.8 Å². The number of nitrogens with zero attached hydrogens (tertiary/aromatic N) is 2. The van der Waals surface area contributed by atoms with Crippen molar-refractivity contribution in [3.05, 3.63) is 59.4 Å². The summed E-state index contributed by atoms with van der Waals surface area (Å²) >= 11 is 0. The lowest BCUT2D eigenvalue weighted by atomic mass is 10.1. The van der Waals surface area contributed by atoms with Crippen molar-refractivity contribution in [2.24, 2.45) is 0 Å². The third-order valence-corrected chi connectivity index (χ3v) is 4.73. The van der Waals surface area contributed by atoms with E-state index < -0.39 is 0 Å². The van der Waals surface area contributed by atoms with Gasteiger partial charge in [-0.15, -0.1) is 0 Å². The highest BCUT2D eigenvalue weighted by Gasteiger charge is 2.11. The summed E-state index contributed by atoms with van der Waals surface area (Å²) in [5.74, 6) is 1.57. The van der Waals surface area contributed by atoms with Crippen LogP contribution in [0.25, 0.3) is 11.0 Å². The monoisotopic (exact) mass is 381 g/mol. The van der Waals surface area contributed by atoms with Crippen molar-refractivity contribution in [1.29, 1.82) is 0 Å². The molecule has 0 aliphatic heterocycles. The molecule has 1 aromatic heterocycles. The van der Waals surface area contributed by atoms with E-state index in [1.165, 1.54) is 18.2 Å². The van der Waals surface area contributed by atoms with Gasteiger partial charge in [0, 0.05) is 13.7 Å². The number of amides is 1. The van der Waals surface area contributed by atoms with E-state index in [0.29, 0.717) is 13.2 Å². The molecule has 0 saturated heterocycles. The molecule has 1 heterocycles. The molecule has 0 bridgehead atoms. The second-order valence-corrected chi connectivity index (χ2v) is 6.83. The number of para-hydroxylation sites is 2. The maximum atomic E-state index is 11.7. The average Bonchev–Trinajstić information content (AvgIpc) is 3.04. The second-order valence-electron chi connectivity index (χ2n) is 6.83. The number of ether oxygens (including phenoxy) is 2. The van der Waals surface area contributed by atoms with Crippen LogP contribution in [0, 0.1) is 13.8 Å². The van der Waals surface area contributed by atoms with Gasteiger partial charge in [0.1, 0.15) is 18.2 Å². The number of rotatable bonds is 9. The highest BCUT2D eigenvalue weighted by Crippen LogP contribution is 2.18. The summed E-state index contributed by atoms with van der Waals surface area (Å²) in [6, 6.07) is 14.2. The molecule has 0 aliphatic rings. The molecule has 6 heteroatoms. The standard InChI is InChI=1S/C22H27N3O3/c1-16-9-10-18(13-17(16)2)28-12-6-11-25-20-8-5-4-7-19(20)24-21(25)14-23-22(26)15-27-3/h4-5,7-10,13H,6,11-12,14-15H2,1-3H3,(H,23,26). The van der Waals surface area contributed by atoms with E-state index in [9.17, 15) is 4.79 Å². The van der Waals surface area contributed by atoms with Crippen LogP contribution < -0.4 is 10.1 Å². The zero-order chi connectivity index (χ0) is 19.9. The summed E-state index contributed by atoms with van der Waals surface area (Å²) in [5.41, 5.74) is 4.47. The van der Waals surface area contributed by atoms with Crippen molar-refractivity contribution in [2.45, 2.75) is 33.4 Å². The molecular formula is C22H27N3O3. The first-order valence-electron chi connectivity index (χ1n) is 9.48. The first-order chi connectivity index (χ1) is 13.6. The van der Waals surface area contributed by atoms with Gasteiger partial charge in [0.05, 0.1) is 24.2 Å². The van der Waals surface area contributed by atoms with Gasteiger partial charge >= 0.3 is 0 Å². The van der Waals surface area contributed by atoms with Crippen molar-refractivity contribution in [3.8, 4) is 5.75 Å².